The maximum Gasteiger partial charge on any atom is 0.164 e. The third kappa shape index (κ3) is 6.36. The van der Waals surface area contributed by atoms with Gasteiger partial charge in [-0.05, 0) is 85.5 Å². The molecule has 0 fully saturated rings. The van der Waals surface area contributed by atoms with Crippen molar-refractivity contribution < 1.29 is 0 Å². The summed E-state index contributed by atoms with van der Waals surface area (Å²) >= 11 is 0. The van der Waals surface area contributed by atoms with Gasteiger partial charge >= 0.3 is 0 Å². The van der Waals surface area contributed by atoms with Crippen LogP contribution in [0.4, 0.5) is 0 Å². The highest BCUT2D eigenvalue weighted by Gasteiger charge is 2.56. The quantitative estimate of drug-likeness (QED) is 0.163. The SMILES string of the molecule is CC1(C)c2ccc(-c3ccc(-c4cccc(-c5nc(-c6cccc(-c7ccccc7)c6)nc(-c6cccc(-c7ccccc7)c6)n5)c4)cn3)cc2C(C)(C)C1(C)C. The number of aromatic nitrogens is 4. The summed E-state index contributed by atoms with van der Waals surface area (Å²) in [7, 11) is 0. The molecule has 0 atom stereocenters. The van der Waals surface area contributed by atoms with E-state index in [1.165, 1.54) is 11.1 Å². The highest BCUT2D eigenvalue weighted by atomic mass is 15.0. The van der Waals surface area contributed by atoms with E-state index in [0.29, 0.717) is 17.5 Å². The highest BCUT2D eigenvalue weighted by Crippen LogP contribution is 2.61. The fraction of sp³-hybridized carbons (Fsp3) is 0.170. The van der Waals surface area contributed by atoms with Crippen LogP contribution in [0.5, 0.6) is 0 Å². The van der Waals surface area contributed by atoms with Crippen molar-refractivity contribution in [3.05, 3.63) is 181 Å². The van der Waals surface area contributed by atoms with Crippen LogP contribution < -0.4 is 0 Å². The van der Waals surface area contributed by atoms with Crippen LogP contribution in [-0.2, 0) is 10.8 Å². The topological polar surface area (TPSA) is 51.6 Å². The Labute approximate surface area is 336 Å². The van der Waals surface area contributed by atoms with E-state index in [-0.39, 0.29) is 16.2 Å². The number of rotatable bonds is 7. The van der Waals surface area contributed by atoms with E-state index in [4.69, 9.17) is 19.9 Å². The zero-order valence-corrected chi connectivity index (χ0v) is 33.5. The summed E-state index contributed by atoms with van der Waals surface area (Å²) < 4.78 is 0. The number of benzene rings is 6. The molecule has 1 aliphatic carbocycles. The van der Waals surface area contributed by atoms with Crippen molar-refractivity contribution in [3.63, 3.8) is 0 Å². The molecular formula is C53H46N4. The summed E-state index contributed by atoms with van der Waals surface area (Å²) in [5, 5.41) is 0. The maximum atomic E-state index is 5.13. The van der Waals surface area contributed by atoms with Crippen molar-refractivity contribution in [2.45, 2.75) is 52.4 Å². The lowest BCUT2D eigenvalue weighted by atomic mass is 9.59. The molecule has 9 rings (SSSR count). The largest absolute Gasteiger partial charge is 0.256 e. The smallest absolute Gasteiger partial charge is 0.164 e. The molecular weight excluding hydrogens is 693 g/mol. The molecule has 0 unspecified atom stereocenters. The van der Waals surface area contributed by atoms with Crippen LogP contribution in [0.3, 0.4) is 0 Å². The minimum Gasteiger partial charge on any atom is -0.256 e. The average molecular weight is 739 g/mol. The van der Waals surface area contributed by atoms with Crippen molar-refractivity contribution in [1.29, 1.82) is 0 Å². The van der Waals surface area contributed by atoms with Gasteiger partial charge < -0.3 is 0 Å². The summed E-state index contributed by atoms with van der Waals surface area (Å²) in [5.41, 5.74) is 14.5. The Hall–Kier alpha value is -6.52. The van der Waals surface area contributed by atoms with Crippen LogP contribution in [-0.4, -0.2) is 19.9 Å². The first kappa shape index (κ1) is 36.1. The van der Waals surface area contributed by atoms with Gasteiger partial charge in [-0.1, -0.05) is 175 Å². The van der Waals surface area contributed by atoms with E-state index >= 15 is 0 Å². The fourth-order valence-electron chi connectivity index (χ4n) is 8.49. The molecule has 2 heterocycles. The minimum absolute atomic E-state index is 0.0341. The summed E-state index contributed by atoms with van der Waals surface area (Å²) in [6.45, 7) is 14.3. The number of hydrogen-bond donors (Lipinski definition) is 0. The first-order valence-corrected chi connectivity index (χ1v) is 19.8. The van der Waals surface area contributed by atoms with E-state index in [1.54, 1.807) is 0 Å². The second kappa shape index (κ2) is 13.9. The van der Waals surface area contributed by atoms with Gasteiger partial charge in [0.15, 0.2) is 17.5 Å². The first-order chi connectivity index (χ1) is 27.5. The minimum atomic E-state index is 0.0341. The molecule has 2 aromatic heterocycles. The lowest BCUT2D eigenvalue weighted by molar-refractivity contribution is 0.125. The Bertz CT molecular complexity index is 2650. The van der Waals surface area contributed by atoms with E-state index < -0.39 is 0 Å². The Morgan fingerprint density at radius 2 is 0.719 bits per heavy atom. The van der Waals surface area contributed by atoms with Crippen LogP contribution in [0.15, 0.2) is 170 Å². The molecule has 0 radical (unpaired) electrons. The number of fused-ring (bicyclic) bond motifs is 1. The molecule has 0 saturated heterocycles. The fourth-order valence-corrected chi connectivity index (χ4v) is 8.49. The molecule has 6 aromatic carbocycles. The monoisotopic (exact) mass is 738 g/mol. The molecule has 57 heavy (non-hydrogen) atoms. The summed E-state index contributed by atoms with van der Waals surface area (Å²) in [4.78, 5) is 20.4. The summed E-state index contributed by atoms with van der Waals surface area (Å²) in [6.07, 6.45) is 1.98. The van der Waals surface area contributed by atoms with Crippen molar-refractivity contribution in [1.82, 2.24) is 19.9 Å². The van der Waals surface area contributed by atoms with Gasteiger partial charge in [0.25, 0.3) is 0 Å². The van der Waals surface area contributed by atoms with E-state index in [1.807, 2.05) is 18.3 Å². The van der Waals surface area contributed by atoms with Gasteiger partial charge in [-0.25, -0.2) is 15.0 Å². The van der Waals surface area contributed by atoms with Crippen molar-refractivity contribution in [2.24, 2.45) is 5.41 Å². The molecule has 0 saturated carbocycles. The average Bonchev–Trinajstić information content (AvgIpc) is 3.37. The van der Waals surface area contributed by atoms with Crippen LogP contribution in [0.1, 0.15) is 52.7 Å². The zero-order valence-electron chi connectivity index (χ0n) is 33.5. The zero-order chi connectivity index (χ0) is 39.4. The second-order valence-corrected chi connectivity index (χ2v) is 16.8. The second-order valence-electron chi connectivity index (χ2n) is 16.8. The van der Waals surface area contributed by atoms with Crippen LogP contribution >= 0.6 is 0 Å². The number of nitrogens with zero attached hydrogens (tertiary/aromatic N) is 4. The van der Waals surface area contributed by atoms with Gasteiger partial charge in [0, 0.05) is 34.0 Å². The Morgan fingerprint density at radius 3 is 1.18 bits per heavy atom. The third-order valence-corrected chi connectivity index (χ3v) is 13.1. The molecule has 0 amide bonds. The summed E-state index contributed by atoms with van der Waals surface area (Å²) in [6, 6.07) is 57.3. The molecule has 0 aliphatic heterocycles. The molecule has 0 N–H and O–H groups in total. The van der Waals surface area contributed by atoms with Crippen molar-refractivity contribution >= 4 is 0 Å². The van der Waals surface area contributed by atoms with Gasteiger partial charge in [0.2, 0.25) is 0 Å². The molecule has 8 aromatic rings. The van der Waals surface area contributed by atoms with E-state index in [9.17, 15) is 0 Å². The predicted octanol–water partition coefficient (Wildman–Crippen LogP) is 13.5. The maximum absolute atomic E-state index is 5.13. The Morgan fingerprint density at radius 1 is 0.316 bits per heavy atom. The van der Waals surface area contributed by atoms with Crippen LogP contribution in [0.2, 0.25) is 0 Å². The molecule has 1 aliphatic rings. The normalized spacial score (nSPS) is 14.9. The Balaban J connectivity index is 1.09. The van der Waals surface area contributed by atoms with Gasteiger partial charge in [-0.2, -0.15) is 0 Å². The van der Waals surface area contributed by atoms with Crippen LogP contribution in [0, 0.1) is 5.41 Å². The van der Waals surface area contributed by atoms with Crippen LogP contribution in [0.25, 0.3) is 78.8 Å². The van der Waals surface area contributed by atoms with E-state index in [2.05, 4.69) is 193 Å². The van der Waals surface area contributed by atoms with Gasteiger partial charge in [-0.15, -0.1) is 0 Å². The molecule has 4 nitrogen and oxygen atoms in total. The molecule has 4 heteroatoms. The predicted molar refractivity (Wildman–Crippen MR) is 236 cm³/mol. The van der Waals surface area contributed by atoms with Gasteiger partial charge in [0.05, 0.1) is 5.69 Å². The van der Waals surface area contributed by atoms with Gasteiger partial charge in [0.1, 0.15) is 0 Å². The van der Waals surface area contributed by atoms with Gasteiger partial charge in [-0.3, -0.25) is 4.98 Å². The number of hydrogen-bond acceptors (Lipinski definition) is 4. The molecule has 278 valence electrons. The third-order valence-electron chi connectivity index (χ3n) is 13.1. The van der Waals surface area contributed by atoms with Crippen molar-refractivity contribution in [3.8, 4) is 78.8 Å². The van der Waals surface area contributed by atoms with E-state index in [0.717, 1.165) is 61.3 Å². The Kier molecular flexibility index (Phi) is 8.81. The van der Waals surface area contributed by atoms with Crippen molar-refractivity contribution in [2.75, 3.05) is 0 Å². The lowest BCUT2D eigenvalue weighted by Crippen LogP contribution is -2.42. The lowest BCUT2D eigenvalue weighted by Gasteiger charge is -2.44. The summed E-state index contributed by atoms with van der Waals surface area (Å²) in [5.74, 6) is 1.86. The number of pyridine rings is 1. The first-order valence-electron chi connectivity index (χ1n) is 19.8. The highest BCUT2D eigenvalue weighted by molar-refractivity contribution is 5.77. The molecule has 0 spiro atoms. The molecule has 0 bridgehead atoms. The standard InChI is InChI=1S/C53H46N4/c1-51(2)45-28-26-40(33-46(45)52(3,4)53(51,5)6)47-29-27-44(34-54-47)39-22-15-25-43(32-39)50-56-48(41-23-13-20-37(30-41)35-16-9-7-10-17-35)55-49(57-50)42-24-14-21-38(31-42)36-18-11-8-12-19-36/h7-34H,1-6H3.